The second-order valence-corrected chi connectivity index (χ2v) is 6.12. The lowest BCUT2D eigenvalue weighted by atomic mass is 10.2. The highest BCUT2D eigenvalue weighted by Crippen LogP contribution is 2.23. The van der Waals surface area contributed by atoms with E-state index in [1.807, 2.05) is 19.9 Å². The Bertz CT molecular complexity index is 809. The van der Waals surface area contributed by atoms with Crippen LogP contribution in [-0.2, 0) is 18.3 Å². The zero-order valence-electron chi connectivity index (χ0n) is 14.8. The van der Waals surface area contributed by atoms with E-state index >= 15 is 0 Å². The van der Waals surface area contributed by atoms with Crippen LogP contribution in [0.2, 0.25) is 0 Å². The molecule has 3 rings (SSSR count). The Morgan fingerprint density at radius 3 is 2.84 bits per heavy atom. The molecule has 0 unspecified atom stereocenters. The molecule has 2 aromatic heterocycles. The molecule has 2 aromatic rings. The van der Waals surface area contributed by atoms with Gasteiger partial charge in [-0.3, -0.25) is 14.4 Å². The molecule has 1 saturated heterocycles. The third-order valence-electron chi connectivity index (χ3n) is 4.26. The summed E-state index contributed by atoms with van der Waals surface area (Å²) < 4.78 is 6.82. The lowest BCUT2D eigenvalue weighted by Crippen LogP contribution is -2.43. The largest absolute Gasteiger partial charge is 0.359 e. The van der Waals surface area contributed by atoms with Crippen molar-refractivity contribution in [2.75, 3.05) is 16.8 Å². The standard InChI is InChI=1S/C16H22N6O3/c1-5-12-14(10(3)20-25-12)18-16(24)17-11-6-7-22(15(11)23)13-8-9(2)19-21(13)4/h8,11H,5-7H2,1-4H3,(H2,17,18,24)/t11-/m1/s1. The Balaban J connectivity index is 1.66. The number of rotatable bonds is 4. The van der Waals surface area contributed by atoms with Gasteiger partial charge in [-0.15, -0.1) is 0 Å². The van der Waals surface area contributed by atoms with Gasteiger partial charge in [0.15, 0.2) is 5.76 Å². The van der Waals surface area contributed by atoms with Gasteiger partial charge in [-0.1, -0.05) is 12.1 Å². The molecule has 0 spiro atoms. The predicted octanol–water partition coefficient (Wildman–Crippen LogP) is 1.51. The number of aromatic nitrogens is 3. The molecule has 0 aliphatic carbocycles. The summed E-state index contributed by atoms with van der Waals surface area (Å²) in [7, 11) is 1.80. The van der Waals surface area contributed by atoms with Crippen molar-refractivity contribution in [2.45, 2.75) is 39.7 Å². The molecule has 1 fully saturated rings. The molecule has 0 saturated carbocycles. The quantitative estimate of drug-likeness (QED) is 0.873. The lowest BCUT2D eigenvalue weighted by molar-refractivity contribution is -0.118. The van der Waals surface area contributed by atoms with Gasteiger partial charge in [-0.2, -0.15) is 5.10 Å². The summed E-state index contributed by atoms with van der Waals surface area (Å²) in [4.78, 5) is 26.5. The van der Waals surface area contributed by atoms with E-state index in [-0.39, 0.29) is 5.91 Å². The van der Waals surface area contributed by atoms with Crippen LogP contribution in [0, 0.1) is 13.8 Å². The van der Waals surface area contributed by atoms with Gasteiger partial charge in [0, 0.05) is 26.1 Å². The molecular formula is C16H22N6O3. The van der Waals surface area contributed by atoms with Crippen LogP contribution < -0.4 is 15.5 Å². The molecule has 9 heteroatoms. The first-order chi connectivity index (χ1) is 11.9. The molecule has 25 heavy (non-hydrogen) atoms. The number of carbonyl (C=O) groups excluding carboxylic acids is 2. The van der Waals surface area contributed by atoms with Crippen LogP contribution in [-0.4, -0.2) is 39.5 Å². The second-order valence-electron chi connectivity index (χ2n) is 6.12. The molecule has 9 nitrogen and oxygen atoms in total. The minimum absolute atomic E-state index is 0.143. The van der Waals surface area contributed by atoms with Gasteiger partial charge in [-0.25, -0.2) is 4.79 Å². The second kappa shape index (κ2) is 6.58. The maximum Gasteiger partial charge on any atom is 0.320 e. The Morgan fingerprint density at radius 2 is 2.20 bits per heavy atom. The van der Waals surface area contributed by atoms with Crippen LogP contribution in [0.15, 0.2) is 10.6 Å². The van der Waals surface area contributed by atoms with E-state index in [1.165, 1.54) is 0 Å². The predicted molar refractivity (Wildman–Crippen MR) is 91.5 cm³/mol. The molecule has 3 heterocycles. The van der Waals surface area contributed by atoms with E-state index in [1.54, 1.807) is 23.6 Å². The van der Waals surface area contributed by atoms with Gasteiger partial charge in [0.2, 0.25) is 0 Å². The SMILES string of the molecule is CCc1onc(C)c1NC(=O)N[C@@H]1CCN(c2cc(C)nn2C)C1=O. The molecule has 134 valence electrons. The van der Waals surface area contributed by atoms with Gasteiger partial charge in [0.25, 0.3) is 5.91 Å². The van der Waals surface area contributed by atoms with Crippen molar-refractivity contribution in [1.82, 2.24) is 20.3 Å². The zero-order valence-corrected chi connectivity index (χ0v) is 14.8. The summed E-state index contributed by atoms with van der Waals surface area (Å²) in [5.41, 5.74) is 2.01. The van der Waals surface area contributed by atoms with E-state index in [0.29, 0.717) is 36.5 Å². The van der Waals surface area contributed by atoms with E-state index < -0.39 is 12.1 Å². The fourth-order valence-electron chi connectivity index (χ4n) is 3.02. The van der Waals surface area contributed by atoms with Gasteiger partial charge < -0.3 is 15.2 Å². The summed E-state index contributed by atoms with van der Waals surface area (Å²) in [6.45, 7) is 6.08. The van der Waals surface area contributed by atoms with Crippen LogP contribution in [0.1, 0.15) is 30.5 Å². The molecule has 0 radical (unpaired) electrons. The molecule has 2 N–H and O–H groups in total. The molecular weight excluding hydrogens is 324 g/mol. The third kappa shape index (κ3) is 3.21. The van der Waals surface area contributed by atoms with Gasteiger partial charge in [-0.05, 0) is 20.3 Å². The fraction of sp³-hybridized carbons (Fsp3) is 0.500. The molecule has 3 amide bonds. The number of nitrogens with zero attached hydrogens (tertiary/aromatic N) is 4. The average molecular weight is 346 g/mol. The maximum atomic E-state index is 12.6. The first-order valence-corrected chi connectivity index (χ1v) is 8.25. The molecule has 1 atom stereocenters. The highest BCUT2D eigenvalue weighted by molar-refractivity contribution is 6.02. The van der Waals surface area contributed by atoms with Crippen molar-refractivity contribution in [3.8, 4) is 0 Å². The van der Waals surface area contributed by atoms with Crippen molar-refractivity contribution in [3.63, 3.8) is 0 Å². The van der Waals surface area contributed by atoms with Gasteiger partial charge in [0.1, 0.15) is 23.2 Å². The third-order valence-corrected chi connectivity index (χ3v) is 4.26. The highest BCUT2D eigenvalue weighted by atomic mass is 16.5. The average Bonchev–Trinajstić information content (AvgIpc) is 3.19. The van der Waals surface area contributed by atoms with Crippen LogP contribution in [0.5, 0.6) is 0 Å². The van der Waals surface area contributed by atoms with Crippen molar-refractivity contribution in [3.05, 3.63) is 23.2 Å². The molecule has 1 aliphatic rings. The molecule has 0 bridgehead atoms. The number of hydrogen-bond donors (Lipinski definition) is 2. The number of urea groups is 1. The first kappa shape index (κ1) is 17.0. The van der Waals surface area contributed by atoms with Crippen LogP contribution in [0.3, 0.4) is 0 Å². The smallest absolute Gasteiger partial charge is 0.320 e. The van der Waals surface area contributed by atoms with Crippen LogP contribution >= 0.6 is 0 Å². The van der Waals surface area contributed by atoms with Crippen LogP contribution in [0.25, 0.3) is 0 Å². The Morgan fingerprint density at radius 1 is 1.44 bits per heavy atom. The van der Waals surface area contributed by atoms with Gasteiger partial charge >= 0.3 is 6.03 Å². The Kier molecular flexibility index (Phi) is 4.47. The number of nitrogens with one attached hydrogen (secondary N) is 2. The highest BCUT2D eigenvalue weighted by Gasteiger charge is 2.35. The summed E-state index contributed by atoms with van der Waals surface area (Å²) in [6.07, 6.45) is 1.16. The molecule has 0 aromatic carbocycles. The van der Waals surface area contributed by atoms with Crippen LogP contribution in [0.4, 0.5) is 16.3 Å². The number of aryl methyl sites for hydroxylation is 4. The Hall–Kier alpha value is -2.84. The summed E-state index contributed by atoms with van der Waals surface area (Å²) >= 11 is 0. The normalized spacial score (nSPS) is 17.2. The van der Waals surface area contributed by atoms with E-state index in [0.717, 1.165) is 11.5 Å². The number of carbonyl (C=O) groups is 2. The zero-order chi connectivity index (χ0) is 18.1. The first-order valence-electron chi connectivity index (χ1n) is 8.25. The maximum absolute atomic E-state index is 12.6. The molecule has 1 aliphatic heterocycles. The minimum Gasteiger partial charge on any atom is -0.359 e. The monoisotopic (exact) mass is 346 g/mol. The summed E-state index contributed by atoms with van der Waals surface area (Å²) in [6, 6.07) is 0.844. The number of amides is 3. The minimum atomic E-state index is -0.569. The number of anilines is 2. The summed E-state index contributed by atoms with van der Waals surface area (Å²) in [5.74, 6) is 1.20. The topological polar surface area (TPSA) is 105 Å². The van der Waals surface area contributed by atoms with E-state index in [2.05, 4.69) is 20.9 Å². The Labute approximate surface area is 145 Å². The number of hydrogen-bond acceptors (Lipinski definition) is 5. The summed E-state index contributed by atoms with van der Waals surface area (Å²) in [5, 5.41) is 13.6. The van der Waals surface area contributed by atoms with E-state index in [9.17, 15) is 9.59 Å². The van der Waals surface area contributed by atoms with E-state index in [4.69, 9.17) is 4.52 Å². The van der Waals surface area contributed by atoms with Crippen molar-refractivity contribution in [1.29, 1.82) is 0 Å². The lowest BCUT2D eigenvalue weighted by Gasteiger charge is -2.17. The van der Waals surface area contributed by atoms with Crippen molar-refractivity contribution < 1.29 is 14.1 Å². The van der Waals surface area contributed by atoms with Gasteiger partial charge in [0.05, 0.1) is 5.69 Å². The fourth-order valence-corrected chi connectivity index (χ4v) is 3.02. The van der Waals surface area contributed by atoms with Crippen molar-refractivity contribution >= 4 is 23.4 Å². The van der Waals surface area contributed by atoms with Crippen molar-refractivity contribution in [2.24, 2.45) is 7.05 Å².